The van der Waals surface area contributed by atoms with Gasteiger partial charge in [-0.25, -0.2) is 4.79 Å². The Labute approximate surface area is 54.1 Å². The maximum absolute atomic E-state index is 10.1. The van der Waals surface area contributed by atoms with Crippen molar-refractivity contribution in [2.24, 2.45) is 0 Å². The first-order chi connectivity index (χ1) is 4.34. The molecule has 0 radical (unpaired) electrons. The van der Waals surface area contributed by atoms with Crippen LogP contribution < -0.4 is 10.6 Å². The number of rotatable bonds is 0. The van der Waals surface area contributed by atoms with Crippen LogP contribution in [-0.2, 0) is 4.79 Å². The van der Waals surface area contributed by atoms with Crippen LogP contribution in [0.2, 0.25) is 0 Å². The summed E-state index contributed by atoms with van der Waals surface area (Å²) in [6.07, 6.45) is 0. The predicted molar refractivity (Wildman–Crippen MR) is 34.7 cm³/mol. The van der Waals surface area contributed by atoms with E-state index in [1.54, 1.807) is 0 Å². The van der Waals surface area contributed by atoms with Crippen LogP contribution in [0.1, 0.15) is 6.92 Å². The van der Waals surface area contributed by atoms with Gasteiger partial charge in [0, 0.05) is 13.1 Å². The van der Waals surface area contributed by atoms with E-state index in [0.717, 1.165) is 13.1 Å². The summed E-state index contributed by atoms with van der Waals surface area (Å²) >= 11 is 0. The molecule has 2 N–H and O–H groups in total. The van der Waals surface area contributed by atoms with Crippen LogP contribution in [0, 0.1) is 0 Å². The van der Waals surface area contributed by atoms with Crippen molar-refractivity contribution in [2.45, 2.75) is 13.0 Å². The van der Waals surface area contributed by atoms with Crippen molar-refractivity contribution < 1.29 is 4.79 Å². The summed E-state index contributed by atoms with van der Waals surface area (Å²) in [6.45, 7) is 3.69. The van der Waals surface area contributed by atoms with E-state index in [9.17, 15) is 4.79 Å². The van der Waals surface area contributed by atoms with E-state index in [1.165, 1.54) is 0 Å². The van der Waals surface area contributed by atoms with Gasteiger partial charge in [-0.3, -0.25) is 0 Å². The third-order valence-corrected chi connectivity index (χ3v) is 1.43. The van der Waals surface area contributed by atoms with E-state index in [0.29, 0.717) is 5.70 Å². The minimum Gasteiger partial charge on any atom is -0.377 e. The van der Waals surface area contributed by atoms with Gasteiger partial charge in [-0.05, 0) is 6.92 Å². The fourth-order valence-electron chi connectivity index (χ4n) is 0.865. The maximum atomic E-state index is 10.1. The summed E-state index contributed by atoms with van der Waals surface area (Å²) in [6, 6.07) is 0.149. The molecule has 0 amide bonds. The van der Waals surface area contributed by atoms with Gasteiger partial charge in [0.15, 0.2) is 0 Å². The Morgan fingerprint density at radius 1 is 1.67 bits per heavy atom. The van der Waals surface area contributed by atoms with Gasteiger partial charge in [0.2, 0.25) is 0 Å². The molecule has 1 atom stereocenters. The SMILES string of the molecule is CC1NCCNC1=C=O. The number of nitrogens with one attached hydrogen (secondary N) is 2. The standard InChI is InChI=1S/C6H10N2O/c1-5-6(4-9)8-3-2-7-5/h5,7-8H,2-3H2,1H3. The lowest BCUT2D eigenvalue weighted by Gasteiger charge is -2.21. The Hall–Kier alpha value is -0.790. The van der Waals surface area contributed by atoms with E-state index in [2.05, 4.69) is 10.6 Å². The summed E-state index contributed by atoms with van der Waals surface area (Å²) in [5.74, 6) is 1.85. The number of carbonyl (C=O) groups excluding carboxylic acids is 1. The van der Waals surface area contributed by atoms with Crippen molar-refractivity contribution in [2.75, 3.05) is 13.1 Å². The monoisotopic (exact) mass is 126 g/mol. The first-order valence-corrected chi connectivity index (χ1v) is 3.07. The Balaban J connectivity index is 2.59. The molecule has 1 rings (SSSR count). The van der Waals surface area contributed by atoms with E-state index in [4.69, 9.17) is 0 Å². The number of hydrogen-bond donors (Lipinski definition) is 2. The van der Waals surface area contributed by atoms with E-state index in [1.807, 2.05) is 12.9 Å². The van der Waals surface area contributed by atoms with E-state index >= 15 is 0 Å². The Morgan fingerprint density at radius 2 is 2.44 bits per heavy atom. The molecule has 1 unspecified atom stereocenters. The predicted octanol–water partition coefficient (Wildman–Crippen LogP) is -0.717. The normalized spacial score (nSPS) is 26.8. The molecule has 0 aromatic heterocycles. The van der Waals surface area contributed by atoms with E-state index < -0.39 is 0 Å². The minimum atomic E-state index is 0.149. The van der Waals surface area contributed by atoms with Gasteiger partial charge >= 0.3 is 0 Å². The third-order valence-electron chi connectivity index (χ3n) is 1.43. The van der Waals surface area contributed by atoms with Crippen molar-refractivity contribution in [3.63, 3.8) is 0 Å². The highest BCUT2D eigenvalue weighted by Gasteiger charge is 2.12. The average molecular weight is 126 g/mol. The highest BCUT2D eigenvalue weighted by atomic mass is 16.1. The van der Waals surface area contributed by atoms with Gasteiger partial charge in [-0.1, -0.05) is 0 Å². The van der Waals surface area contributed by atoms with Crippen molar-refractivity contribution in [1.29, 1.82) is 0 Å². The molecular formula is C6H10N2O. The maximum Gasteiger partial charge on any atom is 0.147 e. The second-order valence-electron chi connectivity index (χ2n) is 2.12. The van der Waals surface area contributed by atoms with Gasteiger partial charge in [0.05, 0.1) is 6.04 Å². The quantitative estimate of drug-likeness (QED) is 0.421. The summed E-state index contributed by atoms with van der Waals surface area (Å²) in [4.78, 5) is 10.1. The first-order valence-electron chi connectivity index (χ1n) is 3.07. The average Bonchev–Trinajstić information content (AvgIpc) is 1.89. The zero-order chi connectivity index (χ0) is 6.69. The first kappa shape index (κ1) is 6.33. The summed E-state index contributed by atoms with van der Waals surface area (Å²) < 4.78 is 0. The summed E-state index contributed by atoms with van der Waals surface area (Å²) in [5.41, 5.74) is 0.640. The molecule has 0 aromatic rings. The zero-order valence-electron chi connectivity index (χ0n) is 5.40. The topological polar surface area (TPSA) is 41.1 Å². The van der Waals surface area contributed by atoms with E-state index in [-0.39, 0.29) is 6.04 Å². The molecule has 0 aliphatic carbocycles. The highest BCUT2D eigenvalue weighted by molar-refractivity contribution is 5.53. The van der Waals surface area contributed by atoms with Crippen molar-refractivity contribution >= 4 is 5.94 Å². The molecule has 0 aromatic carbocycles. The molecule has 50 valence electrons. The molecule has 1 saturated heterocycles. The molecule has 9 heavy (non-hydrogen) atoms. The molecule has 0 saturated carbocycles. The van der Waals surface area contributed by atoms with Crippen LogP contribution in [0.15, 0.2) is 5.70 Å². The molecule has 3 heteroatoms. The molecule has 1 heterocycles. The highest BCUT2D eigenvalue weighted by Crippen LogP contribution is 1.95. The molecule has 1 aliphatic heterocycles. The fourth-order valence-corrected chi connectivity index (χ4v) is 0.865. The number of piperazine rings is 1. The van der Waals surface area contributed by atoms with Crippen LogP contribution in [-0.4, -0.2) is 25.1 Å². The lowest BCUT2D eigenvalue weighted by atomic mass is 10.2. The second-order valence-corrected chi connectivity index (χ2v) is 2.12. The van der Waals surface area contributed by atoms with Gasteiger partial charge in [0.25, 0.3) is 0 Å². The zero-order valence-corrected chi connectivity index (χ0v) is 5.40. The van der Waals surface area contributed by atoms with Gasteiger partial charge in [-0.2, -0.15) is 0 Å². The smallest absolute Gasteiger partial charge is 0.147 e. The lowest BCUT2D eigenvalue weighted by molar-refractivity contribution is 0.499. The molecule has 0 bridgehead atoms. The Bertz CT molecular complexity index is 149. The molecule has 1 fully saturated rings. The summed E-state index contributed by atoms with van der Waals surface area (Å²) in [7, 11) is 0. The van der Waals surface area contributed by atoms with Crippen molar-refractivity contribution in [3.8, 4) is 0 Å². The van der Waals surface area contributed by atoms with Crippen LogP contribution in [0.3, 0.4) is 0 Å². The molecule has 0 spiro atoms. The van der Waals surface area contributed by atoms with Crippen molar-refractivity contribution in [3.05, 3.63) is 5.70 Å². The molecular weight excluding hydrogens is 116 g/mol. The summed E-state index contributed by atoms with van der Waals surface area (Å²) in [5, 5.41) is 6.07. The molecule has 3 nitrogen and oxygen atoms in total. The van der Waals surface area contributed by atoms with Crippen LogP contribution in [0.25, 0.3) is 0 Å². The Kier molecular flexibility index (Phi) is 1.88. The van der Waals surface area contributed by atoms with Gasteiger partial charge in [0.1, 0.15) is 11.6 Å². The fraction of sp³-hybridized carbons (Fsp3) is 0.667. The second kappa shape index (κ2) is 2.67. The van der Waals surface area contributed by atoms with Gasteiger partial charge < -0.3 is 10.6 Å². The third kappa shape index (κ3) is 1.31. The Morgan fingerprint density at radius 3 is 2.89 bits per heavy atom. The van der Waals surface area contributed by atoms with Crippen molar-refractivity contribution in [1.82, 2.24) is 10.6 Å². The van der Waals surface area contributed by atoms with Gasteiger partial charge in [-0.15, -0.1) is 0 Å². The molecule has 1 aliphatic rings. The minimum absolute atomic E-state index is 0.149. The van der Waals surface area contributed by atoms with Crippen LogP contribution in [0.5, 0.6) is 0 Å². The lowest BCUT2D eigenvalue weighted by Crippen LogP contribution is -2.44. The number of hydrogen-bond acceptors (Lipinski definition) is 3. The van der Waals surface area contributed by atoms with Crippen LogP contribution >= 0.6 is 0 Å². The largest absolute Gasteiger partial charge is 0.377 e. The van der Waals surface area contributed by atoms with Crippen LogP contribution in [0.4, 0.5) is 0 Å².